The first-order valence-electron chi connectivity index (χ1n) is 16.4. The Morgan fingerprint density at radius 3 is 1.83 bits per heavy atom. The van der Waals surface area contributed by atoms with E-state index in [0.29, 0.717) is 0 Å². The first-order valence-corrected chi connectivity index (χ1v) is 18.5. The highest BCUT2D eigenvalue weighted by Gasteiger charge is 2.52. The van der Waals surface area contributed by atoms with Gasteiger partial charge in [-0.2, -0.15) is 0 Å². The summed E-state index contributed by atoms with van der Waals surface area (Å²) in [6.45, 7) is 4.74. The molecule has 0 bridgehead atoms. The summed E-state index contributed by atoms with van der Waals surface area (Å²) in [6, 6.07) is 1.23. The van der Waals surface area contributed by atoms with E-state index >= 15 is 0 Å². The van der Waals surface area contributed by atoms with Crippen molar-refractivity contribution in [1.29, 1.82) is 0 Å². The molecule has 3 fully saturated rings. The lowest BCUT2D eigenvalue weighted by Gasteiger charge is -2.51. The van der Waals surface area contributed by atoms with Crippen LogP contribution in [0.3, 0.4) is 0 Å². The van der Waals surface area contributed by atoms with Crippen LogP contribution < -0.4 is 0 Å². The zero-order valence-corrected chi connectivity index (χ0v) is 25.2. The van der Waals surface area contributed by atoms with Crippen molar-refractivity contribution in [2.45, 2.75) is 185 Å². The van der Waals surface area contributed by atoms with Crippen molar-refractivity contribution in [2.75, 3.05) is 7.11 Å². The Kier molecular flexibility index (Phi) is 13.7. The van der Waals surface area contributed by atoms with Gasteiger partial charge >= 0.3 is 8.56 Å². The fourth-order valence-corrected chi connectivity index (χ4v) is 12.6. The van der Waals surface area contributed by atoms with Crippen molar-refractivity contribution in [3.8, 4) is 0 Å². The molecule has 3 heteroatoms. The van der Waals surface area contributed by atoms with Crippen molar-refractivity contribution in [3.63, 3.8) is 0 Å². The molecular weight excluding hydrogens is 444 g/mol. The molecule has 0 aromatic carbocycles. The smallest absolute Gasteiger partial charge is 0.341 e. The third-order valence-electron chi connectivity index (χ3n) is 10.3. The lowest BCUT2D eigenvalue weighted by atomic mass is 9.72. The van der Waals surface area contributed by atoms with Crippen LogP contribution in [-0.2, 0) is 8.85 Å². The predicted octanol–water partition coefficient (Wildman–Crippen LogP) is 10.9. The van der Waals surface area contributed by atoms with Gasteiger partial charge in [0.2, 0.25) is 0 Å². The van der Waals surface area contributed by atoms with E-state index in [0.717, 1.165) is 17.4 Å². The summed E-state index contributed by atoms with van der Waals surface area (Å²) in [6.07, 6.45) is 33.5. The first-order chi connectivity index (χ1) is 17.2. The normalized spacial score (nSPS) is 24.8. The van der Waals surface area contributed by atoms with Gasteiger partial charge in [-0.1, -0.05) is 129 Å². The van der Waals surface area contributed by atoms with Crippen LogP contribution in [0.2, 0.25) is 11.6 Å². The Balaban J connectivity index is 1.80. The van der Waals surface area contributed by atoms with Gasteiger partial charge in [0.25, 0.3) is 0 Å². The maximum atomic E-state index is 7.87. The summed E-state index contributed by atoms with van der Waals surface area (Å²) >= 11 is 0. The van der Waals surface area contributed by atoms with E-state index in [1.165, 1.54) is 160 Å². The number of hydrogen-bond donors (Lipinski definition) is 0. The molecule has 0 saturated heterocycles. The van der Waals surface area contributed by atoms with Crippen LogP contribution in [0.5, 0.6) is 0 Å². The van der Waals surface area contributed by atoms with Crippen LogP contribution in [0.4, 0.5) is 0 Å². The van der Waals surface area contributed by atoms with Gasteiger partial charge in [-0.05, 0) is 56.4 Å². The summed E-state index contributed by atoms with van der Waals surface area (Å²) in [5, 5.41) is 0. The molecule has 0 heterocycles. The van der Waals surface area contributed by atoms with E-state index < -0.39 is 8.56 Å². The van der Waals surface area contributed by atoms with Gasteiger partial charge < -0.3 is 8.85 Å². The molecule has 3 rings (SSSR count). The van der Waals surface area contributed by atoms with Crippen molar-refractivity contribution in [3.05, 3.63) is 0 Å². The highest BCUT2D eigenvalue weighted by molar-refractivity contribution is 6.69. The summed E-state index contributed by atoms with van der Waals surface area (Å²) in [5.74, 6) is 1.79. The van der Waals surface area contributed by atoms with Crippen LogP contribution in [0, 0.1) is 11.8 Å². The van der Waals surface area contributed by atoms with Gasteiger partial charge in [0.1, 0.15) is 0 Å². The first kappa shape index (κ1) is 29.7. The SMILES string of the molecule is CCCCC(CCCCC1CCCCC1)(O[Si](CCCC)(OC)C1CCCCC1)C1CCCCC1. The largest absolute Gasteiger partial charge is 0.397 e. The van der Waals surface area contributed by atoms with Crippen LogP contribution in [0.15, 0.2) is 0 Å². The maximum absolute atomic E-state index is 7.87. The topological polar surface area (TPSA) is 18.5 Å². The summed E-state index contributed by atoms with van der Waals surface area (Å²) in [7, 11) is -0.205. The minimum Gasteiger partial charge on any atom is -0.397 e. The lowest BCUT2D eigenvalue weighted by molar-refractivity contribution is -0.0580. The average molecular weight is 507 g/mol. The second kappa shape index (κ2) is 16.2. The Morgan fingerprint density at radius 1 is 0.657 bits per heavy atom. The third kappa shape index (κ3) is 8.84. The zero-order chi connectivity index (χ0) is 24.8. The molecule has 0 radical (unpaired) electrons. The average Bonchev–Trinajstić information content (AvgIpc) is 2.93. The van der Waals surface area contributed by atoms with Crippen molar-refractivity contribution < 1.29 is 8.85 Å². The number of unbranched alkanes of at least 4 members (excludes halogenated alkanes) is 3. The van der Waals surface area contributed by atoms with E-state index in [9.17, 15) is 0 Å². The molecule has 2 atom stereocenters. The van der Waals surface area contributed by atoms with E-state index in [-0.39, 0.29) is 5.60 Å². The van der Waals surface area contributed by atoms with Gasteiger partial charge in [0.05, 0.1) is 5.60 Å². The molecule has 206 valence electrons. The molecule has 0 aromatic rings. The minimum atomic E-state index is -2.25. The Morgan fingerprint density at radius 2 is 1.23 bits per heavy atom. The molecular formula is C32H62O2Si. The highest BCUT2D eigenvalue weighted by atomic mass is 28.4. The Bertz CT molecular complexity index is 536. The van der Waals surface area contributed by atoms with Crippen LogP contribution in [0.1, 0.15) is 168 Å². The van der Waals surface area contributed by atoms with Crippen LogP contribution >= 0.6 is 0 Å². The number of hydrogen-bond acceptors (Lipinski definition) is 2. The van der Waals surface area contributed by atoms with E-state index in [4.69, 9.17) is 8.85 Å². The van der Waals surface area contributed by atoms with E-state index in [1.807, 2.05) is 7.11 Å². The molecule has 0 amide bonds. The molecule has 3 saturated carbocycles. The minimum absolute atomic E-state index is 0.0937. The molecule has 0 N–H and O–H groups in total. The second-order valence-electron chi connectivity index (χ2n) is 12.8. The molecule has 35 heavy (non-hydrogen) atoms. The van der Waals surface area contributed by atoms with Gasteiger partial charge in [0, 0.05) is 12.7 Å². The molecule has 2 nitrogen and oxygen atoms in total. The molecule has 0 aromatic heterocycles. The van der Waals surface area contributed by atoms with E-state index in [2.05, 4.69) is 13.8 Å². The quantitative estimate of drug-likeness (QED) is 0.153. The van der Waals surface area contributed by atoms with Crippen molar-refractivity contribution in [2.24, 2.45) is 11.8 Å². The summed E-state index contributed by atoms with van der Waals surface area (Å²) < 4.78 is 14.6. The number of rotatable bonds is 16. The maximum Gasteiger partial charge on any atom is 0.341 e. The van der Waals surface area contributed by atoms with Gasteiger partial charge in [-0.3, -0.25) is 0 Å². The predicted molar refractivity (Wildman–Crippen MR) is 154 cm³/mol. The Hall–Kier alpha value is 0.137. The monoisotopic (exact) mass is 506 g/mol. The Labute approximate surface area is 221 Å². The summed E-state index contributed by atoms with van der Waals surface area (Å²) in [4.78, 5) is 0. The van der Waals surface area contributed by atoms with Crippen molar-refractivity contribution >= 4 is 8.56 Å². The molecule has 3 aliphatic carbocycles. The second-order valence-corrected chi connectivity index (χ2v) is 16.4. The third-order valence-corrected chi connectivity index (χ3v) is 14.6. The lowest BCUT2D eigenvalue weighted by Crippen LogP contribution is -2.56. The fourth-order valence-electron chi connectivity index (χ4n) is 8.11. The molecule has 0 aliphatic heterocycles. The highest BCUT2D eigenvalue weighted by Crippen LogP contribution is 2.49. The van der Waals surface area contributed by atoms with E-state index in [1.54, 1.807) is 0 Å². The van der Waals surface area contributed by atoms with Gasteiger partial charge in [-0.25, -0.2) is 0 Å². The molecule has 2 unspecified atom stereocenters. The van der Waals surface area contributed by atoms with Crippen LogP contribution in [0.25, 0.3) is 0 Å². The standard InChI is InChI=1S/C32H62O2Si/c1-4-6-26-32(30-22-13-9-14-23-30,27-18-17-21-29-19-11-8-12-20-29)34-35(33-3,28-7-5-2)31-24-15-10-16-25-31/h29-31H,4-28H2,1-3H3. The van der Waals surface area contributed by atoms with Gasteiger partial charge in [-0.15, -0.1) is 0 Å². The fraction of sp³-hybridized carbons (Fsp3) is 1.00. The van der Waals surface area contributed by atoms with Crippen molar-refractivity contribution in [1.82, 2.24) is 0 Å². The molecule has 0 spiro atoms. The molecule has 3 aliphatic rings. The zero-order valence-electron chi connectivity index (χ0n) is 24.2. The summed E-state index contributed by atoms with van der Waals surface area (Å²) in [5.41, 5.74) is 0.816. The van der Waals surface area contributed by atoms with Gasteiger partial charge in [0.15, 0.2) is 0 Å². The van der Waals surface area contributed by atoms with Crippen LogP contribution in [-0.4, -0.2) is 21.3 Å².